The van der Waals surface area contributed by atoms with Crippen LogP contribution in [0, 0.1) is 0 Å². The molecule has 0 saturated carbocycles. The molecule has 1 amide bonds. The molecule has 0 unspecified atom stereocenters. The highest BCUT2D eigenvalue weighted by atomic mass is 16.3. The number of aromatic hydroxyl groups is 2. The summed E-state index contributed by atoms with van der Waals surface area (Å²) in [6.07, 6.45) is 0. The van der Waals surface area contributed by atoms with Crippen LogP contribution in [0.2, 0.25) is 0 Å². The molecule has 1 aliphatic rings. The van der Waals surface area contributed by atoms with Crippen LogP contribution in [0.15, 0.2) is 48.5 Å². The van der Waals surface area contributed by atoms with E-state index in [1.54, 1.807) is 48.5 Å². The molecule has 168 valence electrons. The molecule has 9 heteroatoms. The van der Waals surface area contributed by atoms with Gasteiger partial charge in [0.05, 0.1) is 11.1 Å². The van der Waals surface area contributed by atoms with Crippen molar-refractivity contribution >= 4 is 5.91 Å². The molecule has 0 aliphatic carbocycles. The second-order valence-corrected chi connectivity index (χ2v) is 7.95. The number of nitrogens with one attached hydrogen (secondary N) is 1. The molecule has 0 atom stereocenters. The Kier molecular flexibility index (Phi) is 6.67. The fourth-order valence-corrected chi connectivity index (χ4v) is 3.71. The van der Waals surface area contributed by atoms with Crippen molar-refractivity contribution in [3.8, 4) is 34.3 Å². The molecule has 0 radical (unpaired) electrons. The molecule has 3 N–H and O–H groups in total. The number of likely N-dealkylation sites (N-methyl/N-ethyl adjacent to an activating group) is 1. The molecular formula is C23H28N6O3. The Morgan fingerprint density at radius 2 is 1.59 bits per heavy atom. The lowest BCUT2D eigenvalue weighted by atomic mass is 10.2. The summed E-state index contributed by atoms with van der Waals surface area (Å²) in [6.45, 7) is 5.36. The fourth-order valence-electron chi connectivity index (χ4n) is 3.71. The molecule has 4 rings (SSSR count). The number of carbonyl (C=O) groups is 1. The summed E-state index contributed by atoms with van der Waals surface area (Å²) in [7, 11) is 2.11. The summed E-state index contributed by atoms with van der Waals surface area (Å²) in [6, 6.07) is 13.5. The third-order valence-corrected chi connectivity index (χ3v) is 5.60. The predicted molar refractivity (Wildman–Crippen MR) is 121 cm³/mol. The summed E-state index contributed by atoms with van der Waals surface area (Å²) < 4.78 is 1.46. The number of hydrogen-bond donors (Lipinski definition) is 3. The lowest BCUT2D eigenvalue weighted by Crippen LogP contribution is -2.47. The normalized spacial score (nSPS) is 15.0. The first kappa shape index (κ1) is 21.8. The van der Waals surface area contributed by atoms with Crippen LogP contribution in [0.3, 0.4) is 0 Å². The third-order valence-electron chi connectivity index (χ3n) is 5.60. The molecular weight excluding hydrogens is 408 g/mol. The number of para-hydroxylation sites is 2. The van der Waals surface area contributed by atoms with Gasteiger partial charge in [0.1, 0.15) is 18.0 Å². The summed E-state index contributed by atoms with van der Waals surface area (Å²) in [4.78, 5) is 21.8. The van der Waals surface area contributed by atoms with Crippen LogP contribution >= 0.6 is 0 Å². The van der Waals surface area contributed by atoms with E-state index in [0.29, 0.717) is 23.5 Å². The lowest BCUT2D eigenvalue weighted by molar-refractivity contribution is -0.121. The van der Waals surface area contributed by atoms with Gasteiger partial charge in [0.25, 0.3) is 0 Å². The molecule has 1 aliphatic heterocycles. The Morgan fingerprint density at radius 1 is 0.969 bits per heavy atom. The smallest absolute Gasteiger partial charge is 0.241 e. The number of amides is 1. The zero-order valence-corrected chi connectivity index (χ0v) is 18.1. The first-order chi connectivity index (χ1) is 15.5. The van der Waals surface area contributed by atoms with E-state index in [9.17, 15) is 15.0 Å². The average molecular weight is 437 g/mol. The maximum absolute atomic E-state index is 12.6. The minimum Gasteiger partial charge on any atom is -0.507 e. The van der Waals surface area contributed by atoms with E-state index in [1.165, 1.54) is 4.68 Å². The van der Waals surface area contributed by atoms with Gasteiger partial charge < -0.3 is 20.4 Å². The van der Waals surface area contributed by atoms with Crippen molar-refractivity contribution in [2.45, 2.75) is 6.54 Å². The minimum absolute atomic E-state index is 0.0421. The Morgan fingerprint density at radius 3 is 2.25 bits per heavy atom. The van der Waals surface area contributed by atoms with E-state index in [-0.39, 0.29) is 29.8 Å². The number of nitrogens with zero attached hydrogens (tertiary/aromatic N) is 5. The maximum atomic E-state index is 12.6. The topological polar surface area (TPSA) is 107 Å². The SMILES string of the molecule is CN1CCN(CCNC(=O)Cn2nc(-c3ccccc3O)nc2-c2ccccc2O)CC1. The molecule has 3 aromatic rings. The summed E-state index contributed by atoms with van der Waals surface area (Å²) in [5.74, 6) is 0.539. The summed E-state index contributed by atoms with van der Waals surface area (Å²) in [5, 5.41) is 27.9. The van der Waals surface area contributed by atoms with Gasteiger partial charge in [-0.25, -0.2) is 9.67 Å². The molecule has 1 saturated heterocycles. The lowest BCUT2D eigenvalue weighted by Gasteiger charge is -2.32. The van der Waals surface area contributed by atoms with Crippen LogP contribution in [0.1, 0.15) is 0 Å². The summed E-state index contributed by atoms with van der Waals surface area (Å²) >= 11 is 0. The second-order valence-electron chi connectivity index (χ2n) is 7.95. The fraction of sp³-hybridized carbons (Fsp3) is 0.348. The first-order valence-corrected chi connectivity index (χ1v) is 10.7. The van der Waals surface area contributed by atoms with Crippen molar-refractivity contribution in [2.24, 2.45) is 0 Å². The van der Waals surface area contributed by atoms with Crippen molar-refractivity contribution < 1.29 is 15.0 Å². The van der Waals surface area contributed by atoms with Crippen LogP contribution in [0.25, 0.3) is 22.8 Å². The van der Waals surface area contributed by atoms with Gasteiger partial charge in [0, 0.05) is 39.3 Å². The zero-order chi connectivity index (χ0) is 22.5. The Hall–Kier alpha value is -3.43. The molecule has 9 nitrogen and oxygen atoms in total. The molecule has 1 fully saturated rings. The largest absolute Gasteiger partial charge is 0.507 e. The first-order valence-electron chi connectivity index (χ1n) is 10.7. The Bertz CT molecular complexity index is 1080. The van der Waals surface area contributed by atoms with Crippen LogP contribution in [-0.2, 0) is 11.3 Å². The van der Waals surface area contributed by atoms with Gasteiger partial charge in [-0.15, -0.1) is 5.10 Å². The van der Waals surface area contributed by atoms with Gasteiger partial charge in [-0.1, -0.05) is 24.3 Å². The molecule has 2 aromatic carbocycles. The van der Waals surface area contributed by atoms with Crippen LogP contribution in [0.4, 0.5) is 0 Å². The molecule has 2 heterocycles. The van der Waals surface area contributed by atoms with Gasteiger partial charge in [0.15, 0.2) is 11.6 Å². The van der Waals surface area contributed by atoms with Gasteiger partial charge in [0.2, 0.25) is 5.91 Å². The average Bonchev–Trinajstić information content (AvgIpc) is 3.19. The van der Waals surface area contributed by atoms with Gasteiger partial charge >= 0.3 is 0 Å². The maximum Gasteiger partial charge on any atom is 0.241 e. The van der Waals surface area contributed by atoms with Crippen molar-refractivity contribution in [2.75, 3.05) is 46.3 Å². The van der Waals surface area contributed by atoms with Crippen LogP contribution in [-0.4, -0.2) is 87.0 Å². The van der Waals surface area contributed by atoms with E-state index in [0.717, 1.165) is 32.7 Å². The number of hydrogen-bond acceptors (Lipinski definition) is 7. The standard InChI is InChI=1S/C23H28N6O3/c1-27-12-14-28(15-13-27)11-10-24-21(32)16-29-23(18-7-3-5-9-20(18)31)25-22(26-29)17-6-2-4-8-19(17)30/h2-9,30-31H,10-16H2,1H3,(H,24,32). The van der Waals surface area contributed by atoms with E-state index in [1.807, 2.05) is 0 Å². The molecule has 0 spiro atoms. The van der Waals surface area contributed by atoms with Crippen LogP contribution in [0.5, 0.6) is 11.5 Å². The second kappa shape index (κ2) is 9.80. The highest BCUT2D eigenvalue weighted by molar-refractivity contribution is 5.77. The Labute approximate surface area is 186 Å². The monoisotopic (exact) mass is 436 g/mol. The highest BCUT2D eigenvalue weighted by Gasteiger charge is 2.20. The number of rotatable bonds is 7. The molecule has 1 aromatic heterocycles. The summed E-state index contributed by atoms with van der Waals surface area (Å²) in [5.41, 5.74) is 0.922. The van der Waals surface area contributed by atoms with E-state index < -0.39 is 0 Å². The van der Waals surface area contributed by atoms with Gasteiger partial charge in [-0.05, 0) is 31.3 Å². The number of aromatic nitrogens is 3. The number of piperazine rings is 1. The highest BCUT2D eigenvalue weighted by Crippen LogP contribution is 2.31. The van der Waals surface area contributed by atoms with Crippen molar-refractivity contribution in [3.63, 3.8) is 0 Å². The number of carbonyl (C=O) groups excluding carboxylic acids is 1. The van der Waals surface area contributed by atoms with Gasteiger partial charge in [-0.2, -0.15) is 0 Å². The van der Waals surface area contributed by atoms with Crippen LogP contribution < -0.4 is 5.32 Å². The molecule has 32 heavy (non-hydrogen) atoms. The van der Waals surface area contributed by atoms with Crippen molar-refractivity contribution in [3.05, 3.63) is 48.5 Å². The minimum atomic E-state index is -0.190. The third kappa shape index (κ3) is 5.06. The van der Waals surface area contributed by atoms with Crippen molar-refractivity contribution in [1.82, 2.24) is 29.9 Å². The zero-order valence-electron chi connectivity index (χ0n) is 18.1. The van der Waals surface area contributed by atoms with Gasteiger partial charge in [-0.3, -0.25) is 9.69 Å². The van der Waals surface area contributed by atoms with E-state index in [2.05, 4.69) is 32.2 Å². The number of benzene rings is 2. The Balaban J connectivity index is 1.50. The number of phenols is 2. The van der Waals surface area contributed by atoms with Crippen molar-refractivity contribution in [1.29, 1.82) is 0 Å². The quantitative estimate of drug-likeness (QED) is 0.514. The van der Waals surface area contributed by atoms with E-state index >= 15 is 0 Å². The predicted octanol–water partition coefficient (Wildman–Crippen LogP) is 1.39. The van der Waals surface area contributed by atoms with E-state index in [4.69, 9.17) is 0 Å². The number of phenolic OH excluding ortho intramolecular Hbond substituents is 2. The molecule has 0 bridgehead atoms.